The summed E-state index contributed by atoms with van der Waals surface area (Å²) in [5.74, 6) is 0.478. The van der Waals surface area contributed by atoms with E-state index in [4.69, 9.17) is 0 Å². The molecule has 0 saturated heterocycles. The molecule has 1 aromatic carbocycles. The molecular formula is C15H20N2O. The van der Waals surface area contributed by atoms with Crippen LogP contribution in [-0.4, -0.2) is 21.0 Å². The van der Waals surface area contributed by atoms with E-state index in [9.17, 15) is 5.11 Å². The Morgan fingerprint density at radius 1 is 1.33 bits per heavy atom. The smallest absolute Gasteiger partial charge is 0.0729 e. The summed E-state index contributed by atoms with van der Waals surface area (Å²) in [6.07, 6.45) is 5.34. The summed E-state index contributed by atoms with van der Waals surface area (Å²) in [4.78, 5) is 0. The third-order valence-electron chi connectivity index (χ3n) is 4.18. The highest BCUT2D eigenvalue weighted by molar-refractivity contribution is 5.81. The Kier molecular flexibility index (Phi) is 3.08. The van der Waals surface area contributed by atoms with Crippen molar-refractivity contribution in [2.75, 3.05) is 0 Å². The molecule has 0 bridgehead atoms. The molecule has 2 aromatic rings. The van der Waals surface area contributed by atoms with Gasteiger partial charge in [0.05, 0.1) is 17.3 Å². The van der Waals surface area contributed by atoms with Gasteiger partial charge in [0.25, 0.3) is 0 Å². The summed E-state index contributed by atoms with van der Waals surface area (Å²) >= 11 is 0. The Labute approximate surface area is 107 Å². The lowest BCUT2D eigenvalue weighted by Crippen LogP contribution is -2.20. The van der Waals surface area contributed by atoms with Crippen molar-refractivity contribution < 1.29 is 5.11 Å². The van der Waals surface area contributed by atoms with Crippen LogP contribution in [0.1, 0.15) is 31.4 Å². The molecule has 1 unspecified atom stereocenters. The summed E-state index contributed by atoms with van der Waals surface area (Å²) in [6, 6.07) is 8.24. The van der Waals surface area contributed by atoms with E-state index < -0.39 is 0 Å². The lowest BCUT2D eigenvalue weighted by atomic mass is 9.96. The normalized spacial score (nSPS) is 18.6. The van der Waals surface area contributed by atoms with Crippen molar-refractivity contribution in [2.45, 2.75) is 38.2 Å². The number of hydrogen-bond donors (Lipinski definition) is 1. The Bertz CT molecular complexity index is 540. The maximum absolute atomic E-state index is 10.3. The number of benzene rings is 1. The monoisotopic (exact) mass is 244 g/mol. The van der Waals surface area contributed by atoms with Gasteiger partial charge in [-0.15, -0.1) is 0 Å². The number of aliphatic hydroxyl groups excluding tert-OH is 1. The lowest BCUT2D eigenvalue weighted by molar-refractivity contribution is 0.110. The van der Waals surface area contributed by atoms with E-state index in [1.165, 1.54) is 31.1 Å². The van der Waals surface area contributed by atoms with Crippen molar-refractivity contribution in [1.29, 1.82) is 0 Å². The largest absolute Gasteiger partial charge is 0.392 e. The van der Waals surface area contributed by atoms with Crippen LogP contribution in [0.5, 0.6) is 0 Å². The Balaban J connectivity index is 1.86. The zero-order chi connectivity index (χ0) is 12.5. The minimum atomic E-state index is -0.231. The lowest BCUT2D eigenvalue weighted by Gasteiger charge is -2.16. The standard InChI is InChI=1S/C15H20N2O/c1-17-14-9-5-4-8-12(14)13(16-17)10-15(18)11-6-2-3-7-11/h4-5,8-9,11,15,18H,2-3,6-7,10H2,1H3. The van der Waals surface area contributed by atoms with E-state index in [2.05, 4.69) is 17.2 Å². The minimum Gasteiger partial charge on any atom is -0.392 e. The first-order valence-corrected chi connectivity index (χ1v) is 6.84. The van der Waals surface area contributed by atoms with E-state index in [1.54, 1.807) is 0 Å². The van der Waals surface area contributed by atoms with Crippen LogP contribution >= 0.6 is 0 Å². The van der Waals surface area contributed by atoms with Gasteiger partial charge < -0.3 is 5.11 Å². The summed E-state index contributed by atoms with van der Waals surface area (Å²) in [5.41, 5.74) is 2.18. The third-order valence-corrected chi connectivity index (χ3v) is 4.18. The van der Waals surface area contributed by atoms with Crippen LogP contribution in [0.3, 0.4) is 0 Å². The third kappa shape index (κ3) is 2.03. The van der Waals surface area contributed by atoms with E-state index in [0.717, 1.165) is 11.2 Å². The molecule has 18 heavy (non-hydrogen) atoms. The van der Waals surface area contributed by atoms with Gasteiger partial charge in [-0.1, -0.05) is 31.0 Å². The Morgan fingerprint density at radius 3 is 2.83 bits per heavy atom. The average Bonchev–Trinajstić information content (AvgIpc) is 3.00. The average molecular weight is 244 g/mol. The van der Waals surface area contributed by atoms with E-state index in [1.807, 2.05) is 23.9 Å². The fourth-order valence-corrected chi connectivity index (χ4v) is 3.15. The zero-order valence-corrected chi connectivity index (χ0v) is 10.8. The predicted molar refractivity (Wildman–Crippen MR) is 72.4 cm³/mol. The second kappa shape index (κ2) is 4.73. The quantitative estimate of drug-likeness (QED) is 0.901. The Hall–Kier alpha value is -1.35. The molecule has 1 aliphatic rings. The number of nitrogens with zero attached hydrogens (tertiary/aromatic N) is 2. The highest BCUT2D eigenvalue weighted by Crippen LogP contribution is 2.30. The summed E-state index contributed by atoms with van der Waals surface area (Å²) in [5, 5.41) is 16.1. The molecule has 1 aliphatic carbocycles. The summed E-state index contributed by atoms with van der Waals surface area (Å²) in [7, 11) is 1.97. The molecule has 1 saturated carbocycles. The van der Waals surface area contributed by atoms with Crippen molar-refractivity contribution in [3.63, 3.8) is 0 Å². The maximum atomic E-state index is 10.3. The fourth-order valence-electron chi connectivity index (χ4n) is 3.15. The molecule has 0 aliphatic heterocycles. The highest BCUT2D eigenvalue weighted by Gasteiger charge is 2.24. The van der Waals surface area contributed by atoms with Gasteiger partial charge in [0.2, 0.25) is 0 Å². The molecule has 1 aromatic heterocycles. The van der Waals surface area contributed by atoms with Gasteiger partial charge in [0.15, 0.2) is 0 Å². The molecule has 3 rings (SSSR count). The minimum absolute atomic E-state index is 0.231. The van der Waals surface area contributed by atoms with Crippen LogP contribution in [-0.2, 0) is 13.5 Å². The molecule has 1 fully saturated rings. The molecule has 3 heteroatoms. The van der Waals surface area contributed by atoms with Crippen LogP contribution in [0.2, 0.25) is 0 Å². The molecule has 1 heterocycles. The van der Waals surface area contributed by atoms with Gasteiger partial charge in [-0.3, -0.25) is 4.68 Å². The number of para-hydroxylation sites is 1. The molecule has 3 nitrogen and oxygen atoms in total. The number of fused-ring (bicyclic) bond motifs is 1. The van der Waals surface area contributed by atoms with Gasteiger partial charge in [-0.2, -0.15) is 5.10 Å². The van der Waals surface area contributed by atoms with Crippen LogP contribution in [0, 0.1) is 5.92 Å². The second-order valence-corrected chi connectivity index (χ2v) is 5.40. The first-order chi connectivity index (χ1) is 8.75. The van der Waals surface area contributed by atoms with Crippen LogP contribution < -0.4 is 0 Å². The van der Waals surface area contributed by atoms with Crippen molar-refractivity contribution in [1.82, 2.24) is 9.78 Å². The van der Waals surface area contributed by atoms with E-state index >= 15 is 0 Å². The van der Waals surface area contributed by atoms with Crippen molar-refractivity contribution in [2.24, 2.45) is 13.0 Å². The van der Waals surface area contributed by atoms with Gasteiger partial charge >= 0.3 is 0 Å². The van der Waals surface area contributed by atoms with Crippen LogP contribution in [0.4, 0.5) is 0 Å². The van der Waals surface area contributed by atoms with Crippen molar-refractivity contribution in [3.05, 3.63) is 30.0 Å². The van der Waals surface area contributed by atoms with E-state index in [-0.39, 0.29) is 6.10 Å². The number of rotatable bonds is 3. The van der Waals surface area contributed by atoms with Gasteiger partial charge in [-0.25, -0.2) is 0 Å². The number of aryl methyl sites for hydroxylation is 1. The Morgan fingerprint density at radius 2 is 2.06 bits per heavy atom. The number of hydrogen-bond acceptors (Lipinski definition) is 2. The topological polar surface area (TPSA) is 38.0 Å². The fraction of sp³-hybridized carbons (Fsp3) is 0.533. The highest BCUT2D eigenvalue weighted by atomic mass is 16.3. The summed E-state index contributed by atoms with van der Waals surface area (Å²) < 4.78 is 1.91. The number of aromatic nitrogens is 2. The molecule has 1 N–H and O–H groups in total. The number of aliphatic hydroxyl groups is 1. The molecule has 96 valence electrons. The van der Waals surface area contributed by atoms with Crippen molar-refractivity contribution in [3.8, 4) is 0 Å². The van der Waals surface area contributed by atoms with Crippen LogP contribution in [0.15, 0.2) is 24.3 Å². The zero-order valence-electron chi connectivity index (χ0n) is 10.8. The van der Waals surface area contributed by atoms with Gasteiger partial charge in [0, 0.05) is 18.9 Å². The molecular weight excluding hydrogens is 224 g/mol. The van der Waals surface area contributed by atoms with Gasteiger partial charge in [0.1, 0.15) is 0 Å². The van der Waals surface area contributed by atoms with Crippen LogP contribution in [0.25, 0.3) is 10.9 Å². The molecule has 0 radical (unpaired) electrons. The molecule has 1 atom stereocenters. The van der Waals surface area contributed by atoms with E-state index in [0.29, 0.717) is 12.3 Å². The molecule has 0 amide bonds. The SMILES string of the molecule is Cn1nc(CC(O)C2CCCC2)c2ccccc21. The van der Waals surface area contributed by atoms with Crippen molar-refractivity contribution >= 4 is 10.9 Å². The predicted octanol–water partition coefficient (Wildman–Crippen LogP) is 2.67. The first-order valence-electron chi connectivity index (χ1n) is 6.84. The first kappa shape index (κ1) is 11.7. The summed E-state index contributed by atoms with van der Waals surface area (Å²) in [6.45, 7) is 0. The second-order valence-electron chi connectivity index (χ2n) is 5.40. The maximum Gasteiger partial charge on any atom is 0.0729 e. The molecule has 0 spiro atoms. The van der Waals surface area contributed by atoms with Gasteiger partial charge in [-0.05, 0) is 24.8 Å².